The largest absolute Gasteiger partial charge is 0.459 e. The number of piperazine rings is 1. The molecular formula is C23H23ClN4O2S. The smallest absolute Gasteiger partial charge is 0.293 e. The number of thiocarbonyl (C=S) groups is 1. The van der Waals surface area contributed by atoms with E-state index >= 15 is 0 Å². The lowest BCUT2D eigenvalue weighted by Crippen LogP contribution is -2.46. The molecule has 2 N–H and O–H groups in total. The van der Waals surface area contributed by atoms with E-state index in [1.807, 2.05) is 30.3 Å². The van der Waals surface area contributed by atoms with E-state index in [-0.39, 0.29) is 16.8 Å². The van der Waals surface area contributed by atoms with E-state index in [0.717, 1.165) is 49.1 Å². The number of nitrogens with one attached hydrogen (secondary N) is 2. The fraction of sp³-hybridized carbons (Fsp3) is 0.217. The van der Waals surface area contributed by atoms with Gasteiger partial charge >= 0.3 is 0 Å². The number of hydrogen-bond donors (Lipinski definition) is 2. The fourth-order valence-electron chi connectivity index (χ4n) is 3.52. The normalized spacial score (nSPS) is 14.3. The van der Waals surface area contributed by atoms with Crippen molar-refractivity contribution in [2.75, 3.05) is 36.4 Å². The highest BCUT2D eigenvalue weighted by Crippen LogP contribution is 2.22. The number of carbonyl (C=O) groups is 1. The number of halogens is 1. The van der Waals surface area contributed by atoms with Gasteiger partial charge in [-0.05, 0) is 60.2 Å². The molecule has 3 aromatic rings. The molecule has 0 radical (unpaired) electrons. The third-order valence-corrected chi connectivity index (χ3v) is 5.76. The Morgan fingerprint density at radius 3 is 2.42 bits per heavy atom. The molecule has 0 unspecified atom stereocenters. The van der Waals surface area contributed by atoms with Crippen LogP contribution in [0.1, 0.15) is 16.1 Å². The molecule has 31 heavy (non-hydrogen) atoms. The minimum absolute atomic E-state index is 0.216. The maximum atomic E-state index is 12.0. The Kier molecular flexibility index (Phi) is 6.86. The standard InChI is InChI=1S/C23H23ClN4O2S/c24-20-5-2-1-4-17(20)16-27-11-13-28(14-12-27)19-9-7-18(8-10-19)25-23(31)26-22(29)21-6-3-15-30-21/h1-10,15H,11-14,16H2,(H2,25,26,29,31). The number of amides is 1. The molecule has 1 amide bonds. The number of nitrogens with zero attached hydrogens (tertiary/aromatic N) is 2. The van der Waals surface area contributed by atoms with Crippen LogP contribution in [0.3, 0.4) is 0 Å². The summed E-state index contributed by atoms with van der Waals surface area (Å²) in [6, 6.07) is 19.3. The summed E-state index contributed by atoms with van der Waals surface area (Å²) in [4.78, 5) is 16.8. The van der Waals surface area contributed by atoms with Crippen molar-refractivity contribution in [2.24, 2.45) is 0 Å². The van der Waals surface area contributed by atoms with E-state index in [0.29, 0.717) is 0 Å². The Hall–Kier alpha value is -2.87. The van der Waals surface area contributed by atoms with Crippen molar-refractivity contribution < 1.29 is 9.21 Å². The van der Waals surface area contributed by atoms with Crippen molar-refractivity contribution in [3.8, 4) is 0 Å². The van der Waals surface area contributed by atoms with Crippen LogP contribution in [0, 0.1) is 0 Å². The summed E-state index contributed by atoms with van der Waals surface area (Å²) in [5.74, 6) is -0.165. The summed E-state index contributed by atoms with van der Waals surface area (Å²) in [6.07, 6.45) is 1.45. The van der Waals surface area contributed by atoms with Gasteiger partial charge in [-0.1, -0.05) is 29.8 Å². The van der Waals surface area contributed by atoms with Gasteiger partial charge in [0.1, 0.15) is 0 Å². The SMILES string of the molecule is O=C(NC(=S)Nc1ccc(N2CCN(Cc3ccccc3Cl)CC2)cc1)c1ccco1. The molecule has 1 saturated heterocycles. The van der Waals surface area contributed by atoms with Gasteiger partial charge in [0.15, 0.2) is 10.9 Å². The van der Waals surface area contributed by atoms with Crippen LogP contribution in [-0.2, 0) is 6.54 Å². The number of hydrogen-bond acceptors (Lipinski definition) is 5. The fourth-order valence-corrected chi connectivity index (χ4v) is 3.93. The summed E-state index contributed by atoms with van der Waals surface area (Å²) >= 11 is 11.5. The maximum Gasteiger partial charge on any atom is 0.293 e. The van der Waals surface area contributed by atoms with Gasteiger partial charge < -0.3 is 14.6 Å². The predicted molar refractivity (Wildman–Crippen MR) is 128 cm³/mol. The van der Waals surface area contributed by atoms with E-state index in [2.05, 4.69) is 38.6 Å². The van der Waals surface area contributed by atoms with Gasteiger partial charge in [0.2, 0.25) is 0 Å². The van der Waals surface area contributed by atoms with Crippen LogP contribution in [-0.4, -0.2) is 42.1 Å². The minimum Gasteiger partial charge on any atom is -0.459 e. The Labute approximate surface area is 191 Å². The average Bonchev–Trinajstić information content (AvgIpc) is 3.32. The van der Waals surface area contributed by atoms with Gasteiger partial charge in [0.25, 0.3) is 5.91 Å². The molecule has 6 nitrogen and oxygen atoms in total. The number of rotatable bonds is 5. The highest BCUT2D eigenvalue weighted by molar-refractivity contribution is 7.80. The lowest BCUT2D eigenvalue weighted by molar-refractivity contribution is 0.0950. The van der Waals surface area contributed by atoms with Crippen LogP contribution in [0.25, 0.3) is 0 Å². The molecule has 0 aliphatic carbocycles. The molecule has 0 atom stereocenters. The van der Waals surface area contributed by atoms with E-state index in [4.69, 9.17) is 28.2 Å². The van der Waals surface area contributed by atoms with Gasteiger partial charge in [-0.3, -0.25) is 15.0 Å². The van der Waals surface area contributed by atoms with E-state index < -0.39 is 0 Å². The molecule has 0 saturated carbocycles. The van der Waals surface area contributed by atoms with Gasteiger partial charge in [0.05, 0.1) is 6.26 Å². The quantitative estimate of drug-likeness (QED) is 0.558. The third-order valence-electron chi connectivity index (χ3n) is 5.19. The first-order valence-electron chi connectivity index (χ1n) is 10.0. The molecule has 0 spiro atoms. The Bertz CT molecular complexity index is 1030. The zero-order chi connectivity index (χ0) is 21.6. The number of carbonyl (C=O) groups excluding carboxylic acids is 1. The van der Waals surface area contributed by atoms with Crippen molar-refractivity contribution >= 4 is 46.2 Å². The van der Waals surface area contributed by atoms with Gasteiger partial charge in [-0.25, -0.2) is 0 Å². The van der Waals surface area contributed by atoms with E-state index in [1.54, 1.807) is 12.1 Å². The predicted octanol–water partition coefficient (Wildman–Crippen LogP) is 4.38. The van der Waals surface area contributed by atoms with Gasteiger partial charge in [0, 0.05) is 49.1 Å². The molecule has 1 fully saturated rings. The lowest BCUT2D eigenvalue weighted by atomic mass is 10.2. The molecule has 4 rings (SSSR count). The van der Waals surface area contributed by atoms with Crippen LogP contribution in [0.15, 0.2) is 71.3 Å². The van der Waals surface area contributed by atoms with Crippen molar-refractivity contribution in [3.63, 3.8) is 0 Å². The second-order valence-electron chi connectivity index (χ2n) is 7.29. The minimum atomic E-state index is -0.381. The molecule has 2 aromatic carbocycles. The topological polar surface area (TPSA) is 60.8 Å². The molecule has 0 bridgehead atoms. The highest BCUT2D eigenvalue weighted by Gasteiger charge is 2.18. The first-order chi connectivity index (χ1) is 15.1. The number of benzene rings is 2. The highest BCUT2D eigenvalue weighted by atomic mass is 35.5. The second-order valence-corrected chi connectivity index (χ2v) is 8.10. The van der Waals surface area contributed by atoms with Crippen molar-refractivity contribution in [1.82, 2.24) is 10.2 Å². The molecule has 1 aromatic heterocycles. The molecule has 8 heteroatoms. The van der Waals surface area contributed by atoms with E-state index in [1.165, 1.54) is 11.8 Å². The van der Waals surface area contributed by atoms with Crippen LogP contribution in [0.5, 0.6) is 0 Å². The van der Waals surface area contributed by atoms with Crippen LogP contribution >= 0.6 is 23.8 Å². The second kappa shape index (κ2) is 9.96. The average molecular weight is 455 g/mol. The maximum absolute atomic E-state index is 12.0. The third kappa shape index (κ3) is 5.64. The summed E-state index contributed by atoms with van der Waals surface area (Å²) < 4.78 is 5.06. The van der Waals surface area contributed by atoms with Crippen LogP contribution in [0.4, 0.5) is 11.4 Å². The monoisotopic (exact) mass is 454 g/mol. The summed E-state index contributed by atoms with van der Waals surface area (Å²) in [5, 5.41) is 6.67. The molecule has 1 aliphatic heterocycles. The molecule has 1 aliphatic rings. The first-order valence-corrected chi connectivity index (χ1v) is 10.8. The summed E-state index contributed by atoms with van der Waals surface area (Å²) in [7, 11) is 0. The number of anilines is 2. The molecule has 160 valence electrons. The van der Waals surface area contributed by atoms with Crippen LogP contribution < -0.4 is 15.5 Å². The van der Waals surface area contributed by atoms with Gasteiger partial charge in [-0.15, -0.1) is 0 Å². The lowest BCUT2D eigenvalue weighted by Gasteiger charge is -2.36. The summed E-state index contributed by atoms with van der Waals surface area (Å²) in [5.41, 5.74) is 3.14. The molecular weight excluding hydrogens is 432 g/mol. The molecule has 2 heterocycles. The van der Waals surface area contributed by atoms with Gasteiger partial charge in [-0.2, -0.15) is 0 Å². The van der Waals surface area contributed by atoms with Crippen LogP contribution in [0.2, 0.25) is 5.02 Å². The Balaban J connectivity index is 1.26. The van der Waals surface area contributed by atoms with Crippen molar-refractivity contribution in [2.45, 2.75) is 6.54 Å². The zero-order valence-electron chi connectivity index (χ0n) is 16.9. The first kappa shape index (κ1) is 21.4. The van der Waals surface area contributed by atoms with Crippen molar-refractivity contribution in [3.05, 3.63) is 83.3 Å². The zero-order valence-corrected chi connectivity index (χ0v) is 18.5. The Morgan fingerprint density at radius 2 is 1.74 bits per heavy atom. The van der Waals surface area contributed by atoms with E-state index in [9.17, 15) is 4.79 Å². The Morgan fingerprint density at radius 1 is 1.00 bits per heavy atom. The number of furan rings is 1. The van der Waals surface area contributed by atoms with Crippen molar-refractivity contribution in [1.29, 1.82) is 0 Å². The summed E-state index contributed by atoms with van der Waals surface area (Å²) in [6.45, 7) is 4.74.